The molecule has 0 unspecified atom stereocenters. The molecule has 1 N–H and O–H groups in total. The van der Waals surface area contributed by atoms with Crippen LogP contribution in [0.4, 0.5) is 11.5 Å². The Morgan fingerprint density at radius 1 is 1.03 bits per heavy atom. The van der Waals surface area contributed by atoms with E-state index in [9.17, 15) is 4.79 Å². The third-order valence-corrected chi connectivity index (χ3v) is 6.47. The summed E-state index contributed by atoms with van der Waals surface area (Å²) in [6.07, 6.45) is 0.231. The molecule has 0 spiro atoms. The number of benzene rings is 2. The lowest BCUT2D eigenvalue weighted by Crippen LogP contribution is -2.46. The minimum atomic E-state index is -0.104. The second-order valence-corrected chi connectivity index (χ2v) is 8.75. The number of halogens is 2. The van der Waals surface area contributed by atoms with E-state index in [4.69, 9.17) is 28.2 Å². The molecule has 0 saturated carbocycles. The maximum Gasteiger partial charge on any atom is 0.228 e. The van der Waals surface area contributed by atoms with Crippen molar-refractivity contribution in [1.29, 1.82) is 0 Å². The van der Waals surface area contributed by atoms with Gasteiger partial charge in [0.25, 0.3) is 0 Å². The van der Waals surface area contributed by atoms with Gasteiger partial charge < -0.3 is 15.1 Å². The summed E-state index contributed by atoms with van der Waals surface area (Å²) in [6, 6.07) is 13.2. The number of likely N-dealkylation sites (N-methyl/N-ethyl adjacent to an activating group) is 1. The van der Waals surface area contributed by atoms with Gasteiger partial charge >= 0.3 is 0 Å². The quantitative estimate of drug-likeness (QED) is 0.574. The molecule has 4 rings (SSSR count). The standard InChI is InChI=1S/C24H26Cl2N4O/c1-3-29-8-10-30(11-9-29)24-16(2)12-18-15-19(5-7-22(18)28-24)27-23(31)14-17-4-6-20(25)21(26)13-17/h4-7,12-13,15H,3,8-11,14H2,1-2H3,(H,27,31). The minimum absolute atomic E-state index is 0.104. The number of aryl methyl sites for hydroxylation is 1. The zero-order valence-corrected chi connectivity index (χ0v) is 19.3. The smallest absolute Gasteiger partial charge is 0.228 e. The van der Waals surface area contributed by atoms with Gasteiger partial charge in [-0.15, -0.1) is 0 Å². The molecule has 1 aliphatic heterocycles. The summed E-state index contributed by atoms with van der Waals surface area (Å²) >= 11 is 12.0. The highest BCUT2D eigenvalue weighted by Gasteiger charge is 2.19. The molecular weight excluding hydrogens is 431 g/mol. The molecule has 1 aliphatic rings. The van der Waals surface area contributed by atoms with Gasteiger partial charge in [0.15, 0.2) is 0 Å². The Morgan fingerprint density at radius 3 is 2.52 bits per heavy atom. The molecule has 1 fully saturated rings. The third kappa shape index (κ3) is 5.12. The van der Waals surface area contributed by atoms with Crippen LogP contribution in [0.15, 0.2) is 42.5 Å². The molecule has 1 saturated heterocycles. The summed E-state index contributed by atoms with van der Waals surface area (Å²) in [5, 5.41) is 4.91. The molecule has 0 atom stereocenters. The summed E-state index contributed by atoms with van der Waals surface area (Å²) in [4.78, 5) is 22.2. The average Bonchev–Trinajstić information content (AvgIpc) is 2.76. The minimum Gasteiger partial charge on any atom is -0.354 e. The summed E-state index contributed by atoms with van der Waals surface area (Å²) in [5.74, 6) is 0.951. The number of nitrogens with zero attached hydrogens (tertiary/aromatic N) is 3. The summed E-state index contributed by atoms with van der Waals surface area (Å²) in [6.45, 7) is 9.53. The molecular formula is C24H26Cl2N4O. The fourth-order valence-electron chi connectivity index (χ4n) is 3.99. The first-order valence-electron chi connectivity index (χ1n) is 10.6. The number of amides is 1. The number of piperazine rings is 1. The SMILES string of the molecule is CCN1CCN(c2nc3ccc(NC(=O)Cc4ccc(Cl)c(Cl)c4)cc3cc2C)CC1. The fourth-order valence-corrected chi connectivity index (χ4v) is 4.31. The highest BCUT2D eigenvalue weighted by Crippen LogP contribution is 2.27. The monoisotopic (exact) mass is 456 g/mol. The molecule has 1 aromatic heterocycles. The van der Waals surface area contributed by atoms with Crippen molar-refractivity contribution in [1.82, 2.24) is 9.88 Å². The van der Waals surface area contributed by atoms with Crippen molar-refractivity contribution in [2.24, 2.45) is 0 Å². The van der Waals surface area contributed by atoms with Gasteiger partial charge in [-0.3, -0.25) is 4.79 Å². The van der Waals surface area contributed by atoms with Gasteiger partial charge in [-0.25, -0.2) is 4.98 Å². The van der Waals surface area contributed by atoms with E-state index in [0.29, 0.717) is 10.0 Å². The molecule has 31 heavy (non-hydrogen) atoms. The number of hydrogen-bond donors (Lipinski definition) is 1. The zero-order chi connectivity index (χ0) is 22.0. The van der Waals surface area contributed by atoms with Crippen LogP contribution in [0.3, 0.4) is 0 Å². The highest BCUT2D eigenvalue weighted by atomic mass is 35.5. The number of rotatable bonds is 5. The number of carbonyl (C=O) groups is 1. The van der Waals surface area contributed by atoms with E-state index >= 15 is 0 Å². The number of fused-ring (bicyclic) bond motifs is 1. The van der Waals surface area contributed by atoms with Gasteiger partial charge in [-0.05, 0) is 61.0 Å². The van der Waals surface area contributed by atoms with Crippen molar-refractivity contribution >= 4 is 51.5 Å². The van der Waals surface area contributed by atoms with Crippen LogP contribution < -0.4 is 10.2 Å². The van der Waals surface area contributed by atoms with Crippen molar-refractivity contribution in [2.75, 3.05) is 42.9 Å². The maximum absolute atomic E-state index is 12.5. The Kier molecular flexibility index (Phi) is 6.65. The zero-order valence-electron chi connectivity index (χ0n) is 17.8. The van der Waals surface area contributed by atoms with Crippen LogP contribution in [0.25, 0.3) is 10.9 Å². The summed E-state index contributed by atoms with van der Waals surface area (Å²) < 4.78 is 0. The van der Waals surface area contributed by atoms with Crippen molar-refractivity contribution in [3.8, 4) is 0 Å². The Hall–Kier alpha value is -2.34. The highest BCUT2D eigenvalue weighted by molar-refractivity contribution is 6.42. The van der Waals surface area contributed by atoms with Crippen molar-refractivity contribution in [3.05, 3.63) is 63.6 Å². The Morgan fingerprint density at radius 2 is 1.81 bits per heavy atom. The van der Waals surface area contributed by atoms with Crippen LogP contribution in [-0.4, -0.2) is 48.5 Å². The van der Waals surface area contributed by atoms with E-state index < -0.39 is 0 Å². The number of aromatic nitrogens is 1. The number of hydrogen-bond acceptors (Lipinski definition) is 4. The molecule has 162 valence electrons. The number of nitrogens with one attached hydrogen (secondary N) is 1. The van der Waals surface area contributed by atoms with Gasteiger partial charge in [0.05, 0.1) is 22.0 Å². The van der Waals surface area contributed by atoms with Crippen LogP contribution in [0.1, 0.15) is 18.1 Å². The largest absolute Gasteiger partial charge is 0.354 e. The summed E-state index contributed by atoms with van der Waals surface area (Å²) in [7, 11) is 0. The van der Waals surface area contributed by atoms with Crippen molar-refractivity contribution < 1.29 is 4.79 Å². The molecule has 2 aromatic carbocycles. The molecule has 1 amide bonds. The Labute approximate surface area is 193 Å². The van der Waals surface area contributed by atoms with Crippen molar-refractivity contribution in [3.63, 3.8) is 0 Å². The molecule has 3 aromatic rings. The Balaban J connectivity index is 1.48. The lowest BCUT2D eigenvalue weighted by molar-refractivity contribution is -0.115. The van der Waals surface area contributed by atoms with E-state index in [1.54, 1.807) is 12.1 Å². The molecule has 0 bridgehead atoms. The predicted octanol–water partition coefficient (Wildman–Crippen LogP) is 5.17. The maximum atomic E-state index is 12.5. The molecule has 5 nitrogen and oxygen atoms in total. The van der Waals surface area contributed by atoms with Gasteiger partial charge in [-0.2, -0.15) is 0 Å². The Bertz CT molecular complexity index is 1110. The number of anilines is 2. The normalized spacial score (nSPS) is 14.8. The van der Waals surface area contributed by atoms with Gasteiger partial charge in [0.1, 0.15) is 5.82 Å². The van der Waals surface area contributed by atoms with E-state index in [-0.39, 0.29) is 12.3 Å². The lowest BCUT2D eigenvalue weighted by Gasteiger charge is -2.35. The second kappa shape index (κ2) is 9.43. The molecule has 2 heterocycles. The average molecular weight is 457 g/mol. The topological polar surface area (TPSA) is 48.5 Å². The number of carbonyl (C=O) groups excluding carboxylic acids is 1. The fraction of sp³-hybridized carbons (Fsp3) is 0.333. The first-order chi connectivity index (χ1) is 14.9. The van der Waals surface area contributed by atoms with Crippen LogP contribution >= 0.6 is 23.2 Å². The van der Waals surface area contributed by atoms with Crippen LogP contribution in [0, 0.1) is 6.92 Å². The van der Waals surface area contributed by atoms with E-state index in [2.05, 4.69) is 35.0 Å². The van der Waals surface area contributed by atoms with Crippen LogP contribution in [0.2, 0.25) is 10.0 Å². The van der Waals surface area contributed by atoms with E-state index in [0.717, 1.165) is 66.3 Å². The first kappa shape index (κ1) is 21.9. The van der Waals surface area contributed by atoms with Crippen molar-refractivity contribution in [2.45, 2.75) is 20.3 Å². The molecule has 0 aliphatic carbocycles. The predicted molar refractivity (Wildman–Crippen MR) is 130 cm³/mol. The van der Waals surface area contributed by atoms with E-state index in [1.807, 2.05) is 24.3 Å². The summed E-state index contributed by atoms with van der Waals surface area (Å²) in [5.41, 5.74) is 3.65. The molecule has 7 heteroatoms. The molecule has 0 radical (unpaired) electrons. The van der Waals surface area contributed by atoms with Gasteiger partial charge in [0, 0.05) is 37.3 Å². The number of pyridine rings is 1. The van der Waals surface area contributed by atoms with Crippen LogP contribution in [-0.2, 0) is 11.2 Å². The third-order valence-electron chi connectivity index (χ3n) is 5.73. The first-order valence-corrected chi connectivity index (χ1v) is 11.3. The van der Waals surface area contributed by atoms with E-state index in [1.165, 1.54) is 0 Å². The van der Waals surface area contributed by atoms with Gasteiger partial charge in [0.2, 0.25) is 5.91 Å². The lowest BCUT2D eigenvalue weighted by atomic mass is 10.1. The van der Waals surface area contributed by atoms with Crippen LogP contribution in [0.5, 0.6) is 0 Å². The van der Waals surface area contributed by atoms with Gasteiger partial charge in [-0.1, -0.05) is 36.2 Å². The second-order valence-electron chi connectivity index (χ2n) is 7.93.